The summed E-state index contributed by atoms with van der Waals surface area (Å²) >= 11 is -12.9. The zero-order chi connectivity index (χ0) is 10.7. The predicted molar refractivity (Wildman–Crippen MR) is 2.06 cm³/mol. The fourth-order valence-corrected chi connectivity index (χ4v) is 0. The molecular weight excluding hydrogens is 529 g/mol. The minimum absolute atomic E-state index is 0. The second kappa shape index (κ2) is 24.9. The Hall–Kier alpha value is 2.85. The third kappa shape index (κ3) is 351. The Morgan fingerprint density at radius 1 is 0.500 bits per heavy atom. The van der Waals surface area contributed by atoms with E-state index in [1.54, 1.807) is 0 Å². The maximum atomic E-state index is 8.61. The zero-order valence-corrected chi connectivity index (χ0v) is 15.5. The molecule has 0 aromatic carbocycles. The molecule has 14 heteroatoms. The van der Waals surface area contributed by atoms with Gasteiger partial charge in [0.25, 0.3) is 0 Å². The van der Waals surface area contributed by atoms with Gasteiger partial charge in [-0.25, -0.2) is 0 Å². The summed E-state index contributed by atoms with van der Waals surface area (Å²) in [5.41, 5.74) is 0. The van der Waals surface area contributed by atoms with Crippen molar-refractivity contribution >= 4 is 0 Å². The van der Waals surface area contributed by atoms with E-state index in [1.807, 2.05) is 0 Å². The van der Waals surface area contributed by atoms with Gasteiger partial charge in [0.1, 0.15) is 0 Å². The summed E-state index contributed by atoms with van der Waals surface area (Å²) < 4.78 is 77.5. The fraction of sp³-hybridized carbons (Fsp3) is 0. The Balaban J connectivity index is -0.0000000270. The Kier molecular flexibility index (Phi) is 53.6. The van der Waals surface area contributed by atoms with E-state index in [9.17, 15) is 0 Å². The van der Waals surface area contributed by atoms with Crippen LogP contribution >= 0.6 is 0 Å². The van der Waals surface area contributed by atoms with Gasteiger partial charge in [-0.15, -0.1) is 0 Å². The molecule has 14 heavy (non-hydrogen) atoms. The first-order chi connectivity index (χ1) is 5.20. The molecule has 0 aromatic heterocycles. The van der Waals surface area contributed by atoms with Gasteiger partial charge in [-0.3, -0.25) is 0 Å². The standard InChI is InChI=1S/2Fe.9O.3Zr/q2*+3;;;;6*-1;;;. The van der Waals surface area contributed by atoms with Crippen LogP contribution in [0.5, 0.6) is 0 Å². The summed E-state index contributed by atoms with van der Waals surface area (Å²) in [6, 6.07) is 0. The second-order valence-electron chi connectivity index (χ2n) is 0.750. The van der Waals surface area contributed by atoms with Gasteiger partial charge >= 0.3 is 130 Å². The van der Waals surface area contributed by atoms with Crippen LogP contribution in [0.1, 0.15) is 0 Å². The van der Waals surface area contributed by atoms with Gasteiger partial charge in [-0.1, -0.05) is 0 Å². The van der Waals surface area contributed by atoms with Gasteiger partial charge in [0.2, 0.25) is 0 Å². The fourth-order valence-electron chi connectivity index (χ4n) is 0. The summed E-state index contributed by atoms with van der Waals surface area (Å²) in [7, 11) is 0. The molecule has 0 aliphatic rings. The normalized spacial score (nSPS) is 5.57. The summed E-state index contributed by atoms with van der Waals surface area (Å²) in [6.07, 6.45) is 0. The summed E-state index contributed by atoms with van der Waals surface area (Å²) in [5.74, 6) is 0. The van der Waals surface area contributed by atoms with Crippen molar-refractivity contribution < 1.29 is 130 Å². The van der Waals surface area contributed by atoms with Crippen molar-refractivity contribution in [1.29, 1.82) is 0 Å². The monoisotopic (exact) mass is 526 g/mol. The van der Waals surface area contributed by atoms with Crippen LogP contribution in [0.25, 0.3) is 0 Å². The molecule has 2 radical (unpaired) electrons. The second-order valence-corrected chi connectivity index (χ2v) is 4.44. The molecule has 0 spiro atoms. The molecule has 0 aromatic rings. The maximum absolute atomic E-state index is 8.61. The SMILES string of the molecule is [Fe+3].[Fe+3].[O]=[Zr]([O-])[O-].[O]=[Zr]([O-])[O-].[O]=[Zr]([O-])[O-]. The van der Waals surface area contributed by atoms with Crippen LogP contribution in [0.3, 0.4) is 0 Å². The van der Waals surface area contributed by atoms with Crippen molar-refractivity contribution in [3.05, 3.63) is 0 Å². The molecule has 0 amide bonds. The van der Waals surface area contributed by atoms with Crippen molar-refractivity contribution in [3.8, 4) is 0 Å². The van der Waals surface area contributed by atoms with E-state index in [1.165, 1.54) is 0 Å². The van der Waals surface area contributed by atoms with Crippen molar-refractivity contribution in [2.24, 2.45) is 0 Å². The number of hydrogen-bond acceptors (Lipinski definition) is 9. The van der Waals surface area contributed by atoms with Gasteiger partial charge in [-0.05, 0) is 0 Å². The van der Waals surface area contributed by atoms with Crippen LogP contribution in [0.4, 0.5) is 0 Å². The van der Waals surface area contributed by atoms with Crippen LogP contribution in [0, 0.1) is 0 Å². The molecule has 0 unspecified atom stereocenters. The van der Waals surface area contributed by atoms with Crippen LogP contribution in [-0.2, 0) is 110 Å². The molecule has 0 saturated heterocycles. The van der Waals surface area contributed by atoms with Crippen molar-refractivity contribution in [2.75, 3.05) is 0 Å². The van der Waals surface area contributed by atoms with E-state index in [0.29, 0.717) is 0 Å². The zero-order valence-electron chi connectivity index (χ0n) is 5.88. The van der Waals surface area contributed by atoms with Gasteiger partial charge < -0.3 is 0 Å². The molecule has 0 heterocycles. The molecule has 0 aliphatic heterocycles. The Morgan fingerprint density at radius 2 is 0.500 bits per heavy atom. The van der Waals surface area contributed by atoms with Gasteiger partial charge in [0, 0.05) is 0 Å². The molecule has 0 fully saturated rings. The summed E-state index contributed by atoms with van der Waals surface area (Å²) in [6.45, 7) is 0. The average Bonchev–Trinajstić information content (AvgIpc) is 1.54. The van der Waals surface area contributed by atoms with Crippen molar-refractivity contribution in [1.82, 2.24) is 0 Å². The molecule has 0 saturated carbocycles. The van der Waals surface area contributed by atoms with E-state index in [-0.39, 0.29) is 34.1 Å². The number of rotatable bonds is 0. The van der Waals surface area contributed by atoms with Gasteiger partial charge in [0.15, 0.2) is 0 Å². The third-order valence-corrected chi connectivity index (χ3v) is 0. The molecular formula is Fe2O9Zr3. The van der Waals surface area contributed by atoms with E-state index in [2.05, 4.69) is 0 Å². The van der Waals surface area contributed by atoms with Crippen LogP contribution < -0.4 is 19.1 Å². The summed E-state index contributed by atoms with van der Waals surface area (Å²) in [4.78, 5) is 0. The Labute approximate surface area is 127 Å². The van der Waals surface area contributed by atoms with E-state index in [0.717, 1.165) is 0 Å². The molecule has 9 nitrogen and oxygen atoms in total. The van der Waals surface area contributed by atoms with Crippen LogP contribution in [0.2, 0.25) is 0 Å². The van der Waals surface area contributed by atoms with E-state index in [4.69, 9.17) is 27.5 Å². The molecule has 0 rings (SSSR count). The average molecular weight is 529 g/mol. The van der Waals surface area contributed by atoms with E-state index >= 15 is 0 Å². The molecule has 0 atom stereocenters. The first-order valence-electron chi connectivity index (χ1n) is 1.84. The van der Waals surface area contributed by atoms with E-state index < -0.39 is 67.9 Å². The molecule has 0 aliphatic carbocycles. The number of hydrogen-bond donors (Lipinski definition) is 0. The quantitative estimate of drug-likeness (QED) is 0.275. The van der Waals surface area contributed by atoms with Crippen LogP contribution in [0.15, 0.2) is 0 Å². The van der Waals surface area contributed by atoms with Crippen LogP contribution in [-0.4, -0.2) is 0 Å². The molecule has 0 bridgehead atoms. The first kappa shape index (κ1) is 30.1. The minimum atomic E-state index is -4.29. The van der Waals surface area contributed by atoms with Crippen molar-refractivity contribution in [3.63, 3.8) is 0 Å². The summed E-state index contributed by atoms with van der Waals surface area (Å²) in [5, 5.41) is 0. The Morgan fingerprint density at radius 3 is 0.500 bits per heavy atom. The first-order valence-corrected chi connectivity index (χ1v) is 10.9. The Bertz CT molecular complexity index is 116. The van der Waals surface area contributed by atoms with Crippen molar-refractivity contribution in [2.45, 2.75) is 0 Å². The van der Waals surface area contributed by atoms with Gasteiger partial charge in [-0.2, -0.15) is 0 Å². The van der Waals surface area contributed by atoms with Gasteiger partial charge in [0.05, 0.1) is 0 Å². The molecule has 0 N–H and O–H groups in total. The molecule has 82 valence electrons. The third-order valence-electron chi connectivity index (χ3n) is 0. The predicted octanol–water partition coefficient (Wildman–Crippen LogP) is -7.50. The topological polar surface area (TPSA) is 190 Å².